The van der Waals surface area contributed by atoms with Gasteiger partial charge in [-0.2, -0.15) is 0 Å². The quantitative estimate of drug-likeness (QED) is 0.539. The van der Waals surface area contributed by atoms with Crippen LogP contribution < -0.4 is 15.5 Å². The summed E-state index contributed by atoms with van der Waals surface area (Å²) in [6, 6.07) is 12.9. The molecule has 4 N–H and O–H groups in total. The number of nitrogens with zero attached hydrogens (tertiary/aromatic N) is 2. The molecule has 1 saturated heterocycles. The van der Waals surface area contributed by atoms with Gasteiger partial charge in [0.2, 0.25) is 5.91 Å². The van der Waals surface area contributed by atoms with E-state index in [1.54, 1.807) is 18.2 Å². The first kappa shape index (κ1) is 23.4. The summed E-state index contributed by atoms with van der Waals surface area (Å²) in [5.74, 6) is 0.914. The van der Waals surface area contributed by atoms with Crippen LogP contribution in [0.15, 0.2) is 42.5 Å². The number of nitrogens with one attached hydrogen (secondary N) is 2. The number of hydrogen-bond donors (Lipinski definition) is 4. The van der Waals surface area contributed by atoms with E-state index in [0.717, 1.165) is 43.0 Å². The highest BCUT2D eigenvalue weighted by molar-refractivity contribution is 5.82. The predicted molar refractivity (Wildman–Crippen MR) is 131 cm³/mol. The maximum atomic E-state index is 13.1. The lowest BCUT2D eigenvalue weighted by molar-refractivity contribution is -0.124. The Labute approximate surface area is 196 Å². The van der Waals surface area contributed by atoms with Crippen molar-refractivity contribution in [3.63, 3.8) is 0 Å². The van der Waals surface area contributed by atoms with Crippen molar-refractivity contribution < 1.29 is 15.0 Å². The first-order valence-corrected chi connectivity index (χ1v) is 11.9. The standard InChI is InChI=1S/C26H36N4O3/c1-17(2)25(28-26(33)24-12-19-7-8-23(32)11-20(19)14-27-24)16-29-9-10-30(18(3)15-29)21-5-4-6-22(31)13-21/h4-8,11,13,17-18,24-25,27,31-32H,9-10,12,14-16H2,1-3H3,(H,28,33)/t18-,24?,25+/m0/s1. The van der Waals surface area contributed by atoms with Crippen LogP contribution in [0.2, 0.25) is 0 Å². The fourth-order valence-corrected chi connectivity index (χ4v) is 4.93. The molecule has 2 aliphatic heterocycles. The number of carbonyl (C=O) groups excluding carboxylic acids is 1. The van der Waals surface area contributed by atoms with Crippen LogP contribution in [0.1, 0.15) is 31.9 Å². The molecule has 7 nitrogen and oxygen atoms in total. The summed E-state index contributed by atoms with van der Waals surface area (Å²) in [7, 11) is 0. The van der Waals surface area contributed by atoms with Gasteiger partial charge < -0.3 is 25.7 Å². The third-order valence-electron chi connectivity index (χ3n) is 6.93. The van der Waals surface area contributed by atoms with Crippen molar-refractivity contribution in [1.82, 2.24) is 15.5 Å². The highest BCUT2D eigenvalue weighted by Crippen LogP contribution is 2.25. The highest BCUT2D eigenvalue weighted by Gasteiger charge is 2.30. The van der Waals surface area contributed by atoms with Gasteiger partial charge in [0.15, 0.2) is 0 Å². The molecule has 0 aromatic heterocycles. The van der Waals surface area contributed by atoms with Crippen LogP contribution in [0.25, 0.3) is 0 Å². The topological polar surface area (TPSA) is 88.1 Å². The van der Waals surface area contributed by atoms with Crippen LogP contribution in [-0.2, 0) is 17.8 Å². The summed E-state index contributed by atoms with van der Waals surface area (Å²) in [4.78, 5) is 17.9. The van der Waals surface area contributed by atoms with Crippen molar-refractivity contribution in [3.05, 3.63) is 53.6 Å². The number of anilines is 1. The summed E-state index contributed by atoms with van der Waals surface area (Å²) in [5.41, 5.74) is 3.22. The Hall–Kier alpha value is -2.77. The van der Waals surface area contributed by atoms with E-state index in [1.165, 1.54) is 0 Å². The van der Waals surface area contributed by atoms with Crippen LogP contribution >= 0.6 is 0 Å². The molecule has 33 heavy (non-hydrogen) atoms. The summed E-state index contributed by atoms with van der Waals surface area (Å²) in [6.07, 6.45) is 0.631. The van der Waals surface area contributed by atoms with E-state index in [0.29, 0.717) is 30.7 Å². The van der Waals surface area contributed by atoms with E-state index in [2.05, 4.69) is 41.2 Å². The molecule has 4 rings (SSSR count). The zero-order valence-electron chi connectivity index (χ0n) is 19.8. The number of fused-ring (bicyclic) bond motifs is 1. The molecule has 0 bridgehead atoms. The zero-order chi connectivity index (χ0) is 23.5. The van der Waals surface area contributed by atoms with Gasteiger partial charge >= 0.3 is 0 Å². The second-order valence-corrected chi connectivity index (χ2v) is 9.77. The summed E-state index contributed by atoms with van der Waals surface area (Å²) in [5, 5.41) is 26.1. The summed E-state index contributed by atoms with van der Waals surface area (Å²) in [6.45, 7) is 10.6. The van der Waals surface area contributed by atoms with E-state index < -0.39 is 0 Å². The fraction of sp³-hybridized carbons (Fsp3) is 0.500. The van der Waals surface area contributed by atoms with Crippen molar-refractivity contribution in [1.29, 1.82) is 0 Å². The number of rotatable bonds is 6. The third-order valence-corrected chi connectivity index (χ3v) is 6.93. The zero-order valence-corrected chi connectivity index (χ0v) is 19.8. The normalized spacial score (nSPS) is 22.1. The molecule has 3 atom stereocenters. The van der Waals surface area contributed by atoms with Crippen LogP contribution in [0, 0.1) is 5.92 Å². The lowest BCUT2D eigenvalue weighted by Gasteiger charge is -2.43. The third kappa shape index (κ3) is 5.60. The predicted octanol–water partition coefficient (Wildman–Crippen LogP) is 2.46. The number of phenolic OH excluding ortho intramolecular Hbond substituents is 2. The maximum absolute atomic E-state index is 13.1. The minimum absolute atomic E-state index is 0.0406. The minimum atomic E-state index is -0.259. The molecule has 1 fully saturated rings. The van der Waals surface area contributed by atoms with Gasteiger partial charge in [-0.3, -0.25) is 9.69 Å². The number of amides is 1. The Kier molecular flexibility index (Phi) is 7.10. The van der Waals surface area contributed by atoms with Crippen LogP contribution in [0.5, 0.6) is 11.5 Å². The number of benzene rings is 2. The number of aromatic hydroxyl groups is 2. The Morgan fingerprint density at radius 2 is 1.91 bits per heavy atom. The smallest absolute Gasteiger partial charge is 0.237 e. The van der Waals surface area contributed by atoms with E-state index >= 15 is 0 Å². The van der Waals surface area contributed by atoms with Gasteiger partial charge in [-0.1, -0.05) is 26.0 Å². The Bertz CT molecular complexity index is 980. The fourth-order valence-electron chi connectivity index (χ4n) is 4.93. The van der Waals surface area contributed by atoms with Crippen molar-refractivity contribution in [2.24, 2.45) is 5.92 Å². The number of phenols is 2. The minimum Gasteiger partial charge on any atom is -0.508 e. The summed E-state index contributed by atoms with van der Waals surface area (Å²) < 4.78 is 0. The first-order chi connectivity index (χ1) is 15.8. The molecule has 0 spiro atoms. The molecular formula is C26H36N4O3. The molecule has 0 aliphatic carbocycles. The van der Waals surface area contributed by atoms with Crippen molar-refractivity contribution in [3.8, 4) is 11.5 Å². The molecule has 1 amide bonds. The lowest BCUT2D eigenvalue weighted by Crippen LogP contribution is -2.58. The van der Waals surface area contributed by atoms with E-state index in [4.69, 9.17) is 0 Å². The number of hydrogen-bond acceptors (Lipinski definition) is 6. The number of piperazine rings is 1. The molecule has 1 unspecified atom stereocenters. The van der Waals surface area contributed by atoms with Crippen molar-refractivity contribution in [2.75, 3.05) is 31.1 Å². The van der Waals surface area contributed by atoms with E-state index in [1.807, 2.05) is 24.3 Å². The molecule has 2 aromatic rings. The van der Waals surface area contributed by atoms with Crippen molar-refractivity contribution in [2.45, 2.75) is 51.9 Å². The van der Waals surface area contributed by atoms with Gasteiger partial charge in [0.05, 0.1) is 6.04 Å². The molecule has 2 aliphatic rings. The molecule has 2 heterocycles. The van der Waals surface area contributed by atoms with Gasteiger partial charge in [0.25, 0.3) is 0 Å². The molecule has 7 heteroatoms. The summed E-state index contributed by atoms with van der Waals surface area (Å²) >= 11 is 0. The Balaban J connectivity index is 1.34. The van der Waals surface area contributed by atoms with Crippen LogP contribution in [0.3, 0.4) is 0 Å². The lowest BCUT2D eigenvalue weighted by atomic mass is 9.94. The van der Waals surface area contributed by atoms with Gasteiger partial charge in [0, 0.05) is 56.6 Å². The molecular weight excluding hydrogens is 416 g/mol. The second kappa shape index (κ2) is 10.0. The second-order valence-electron chi connectivity index (χ2n) is 9.77. The van der Waals surface area contributed by atoms with Crippen molar-refractivity contribution >= 4 is 11.6 Å². The Morgan fingerprint density at radius 1 is 1.12 bits per heavy atom. The highest BCUT2D eigenvalue weighted by atomic mass is 16.3. The average molecular weight is 453 g/mol. The van der Waals surface area contributed by atoms with E-state index in [-0.39, 0.29) is 23.7 Å². The van der Waals surface area contributed by atoms with Gasteiger partial charge in [0.1, 0.15) is 11.5 Å². The van der Waals surface area contributed by atoms with Crippen LogP contribution in [-0.4, -0.2) is 65.3 Å². The van der Waals surface area contributed by atoms with Gasteiger partial charge in [-0.15, -0.1) is 0 Å². The molecule has 178 valence electrons. The molecule has 0 saturated carbocycles. The molecule has 2 aromatic carbocycles. The van der Waals surface area contributed by atoms with Gasteiger partial charge in [-0.05, 0) is 54.7 Å². The van der Waals surface area contributed by atoms with E-state index in [9.17, 15) is 15.0 Å². The average Bonchev–Trinajstić information content (AvgIpc) is 2.78. The number of carbonyl (C=O) groups is 1. The monoisotopic (exact) mass is 452 g/mol. The van der Waals surface area contributed by atoms with Crippen LogP contribution in [0.4, 0.5) is 5.69 Å². The SMILES string of the molecule is CC(C)[C@@H](CN1CCN(c2cccc(O)c2)[C@@H](C)C1)NC(=O)C1Cc2ccc(O)cc2CN1. The maximum Gasteiger partial charge on any atom is 0.237 e. The molecule has 0 radical (unpaired) electrons. The van der Waals surface area contributed by atoms with Gasteiger partial charge in [-0.25, -0.2) is 0 Å². The first-order valence-electron chi connectivity index (χ1n) is 11.9. The Morgan fingerprint density at radius 3 is 2.64 bits per heavy atom. The largest absolute Gasteiger partial charge is 0.508 e.